The molecular weight excluding hydrogens is 514 g/mol. The Morgan fingerprint density at radius 3 is 1.50 bits per heavy atom. The number of rotatable bonds is 6. The van der Waals surface area contributed by atoms with Gasteiger partial charge in [0.05, 0.1) is 14.2 Å². The van der Waals surface area contributed by atoms with E-state index < -0.39 is 0 Å². The minimum Gasteiger partial charge on any atom is -0.497 e. The Bertz CT molecular complexity index is 1800. The van der Waals surface area contributed by atoms with Gasteiger partial charge >= 0.3 is 0 Å². The van der Waals surface area contributed by atoms with Crippen LogP contribution < -0.4 is 9.47 Å². The van der Waals surface area contributed by atoms with Crippen LogP contribution in [0.15, 0.2) is 109 Å². The summed E-state index contributed by atoms with van der Waals surface area (Å²) in [7, 11) is 3.48. The van der Waals surface area contributed by atoms with Crippen LogP contribution in [-0.2, 0) is 13.1 Å². The standard InChI is InChI=1S/C39H35NO2/c1-4-19-40-24-36-34(26-13-9-15-30(20-26)41-2)22-28-11-5-7-17-32(28)38(36)39-33-18-8-6-12-29(33)23-35(37(39)25-40)27-14-10-16-31(21-27)42-3/h5-18,20-23H,4,19,24-25H2,1-3H3. The Balaban J connectivity index is 1.65. The van der Waals surface area contributed by atoms with Gasteiger partial charge in [0.1, 0.15) is 11.5 Å². The zero-order valence-electron chi connectivity index (χ0n) is 24.5. The van der Waals surface area contributed by atoms with Crippen molar-refractivity contribution in [2.24, 2.45) is 0 Å². The largest absolute Gasteiger partial charge is 0.497 e. The van der Waals surface area contributed by atoms with Crippen LogP contribution >= 0.6 is 0 Å². The molecule has 0 fully saturated rings. The van der Waals surface area contributed by atoms with Crippen LogP contribution in [0.25, 0.3) is 54.9 Å². The van der Waals surface area contributed by atoms with Crippen molar-refractivity contribution in [3.63, 3.8) is 0 Å². The van der Waals surface area contributed by atoms with Gasteiger partial charge in [0.2, 0.25) is 0 Å². The highest BCUT2D eigenvalue weighted by Gasteiger charge is 2.28. The van der Waals surface area contributed by atoms with Gasteiger partial charge in [-0.15, -0.1) is 0 Å². The lowest BCUT2D eigenvalue weighted by Crippen LogP contribution is -2.23. The van der Waals surface area contributed by atoms with E-state index in [1.165, 1.54) is 66.1 Å². The molecule has 0 atom stereocenters. The normalized spacial score (nSPS) is 13.0. The molecule has 6 aromatic rings. The lowest BCUT2D eigenvalue weighted by atomic mass is 9.82. The molecule has 208 valence electrons. The Hall–Kier alpha value is -4.60. The van der Waals surface area contributed by atoms with Crippen LogP contribution in [0.1, 0.15) is 24.5 Å². The quantitative estimate of drug-likeness (QED) is 0.206. The highest BCUT2D eigenvalue weighted by molar-refractivity contribution is 6.12. The van der Waals surface area contributed by atoms with Crippen molar-refractivity contribution in [1.29, 1.82) is 0 Å². The number of hydrogen-bond acceptors (Lipinski definition) is 3. The van der Waals surface area contributed by atoms with E-state index in [0.717, 1.165) is 37.6 Å². The highest BCUT2D eigenvalue weighted by atomic mass is 16.5. The summed E-state index contributed by atoms with van der Waals surface area (Å²) < 4.78 is 11.3. The first kappa shape index (κ1) is 26.3. The summed E-state index contributed by atoms with van der Waals surface area (Å²) in [5.41, 5.74) is 10.4. The fraction of sp³-hybridized carbons (Fsp3) is 0.179. The molecule has 0 bridgehead atoms. The molecule has 3 heteroatoms. The summed E-state index contributed by atoms with van der Waals surface area (Å²) in [6.45, 7) is 5.05. The van der Waals surface area contributed by atoms with Crippen molar-refractivity contribution in [2.75, 3.05) is 20.8 Å². The fourth-order valence-corrected chi connectivity index (χ4v) is 6.75. The first-order valence-corrected chi connectivity index (χ1v) is 14.8. The molecule has 0 N–H and O–H groups in total. The van der Waals surface area contributed by atoms with Crippen LogP contribution in [0.5, 0.6) is 11.5 Å². The summed E-state index contributed by atoms with van der Waals surface area (Å²) >= 11 is 0. The molecule has 0 saturated carbocycles. The Labute approximate surface area is 248 Å². The van der Waals surface area contributed by atoms with E-state index in [2.05, 4.69) is 109 Å². The second-order valence-corrected chi connectivity index (χ2v) is 11.2. The van der Waals surface area contributed by atoms with Gasteiger partial charge in [0.25, 0.3) is 0 Å². The summed E-state index contributed by atoms with van der Waals surface area (Å²) in [4.78, 5) is 2.63. The molecule has 6 aromatic carbocycles. The molecule has 0 saturated heterocycles. The molecule has 3 nitrogen and oxygen atoms in total. The molecule has 1 aliphatic rings. The molecule has 0 radical (unpaired) electrons. The molecular formula is C39H35NO2. The average molecular weight is 550 g/mol. The number of nitrogens with zero attached hydrogens (tertiary/aromatic N) is 1. The van der Waals surface area contributed by atoms with Crippen molar-refractivity contribution in [3.05, 3.63) is 120 Å². The SMILES string of the molecule is CCCN1Cc2c(-c3cccc(OC)c3)cc3ccccc3c2-c2c(c(-c3cccc(OC)c3)cc3ccccc23)C1. The zero-order chi connectivity index (χ0) is 28.6. The van der Waals surface area contributed by atoms with Gasteiger partial charge in [0.15, 0.2) is 0 Å². The maximum absolute atomic E-state index is 5.67. The van der Waals surface area contributed by atoms with Crippen molar-refractivity contribution in [2.45, 2.75) is 26.4 Å². The maximum atomic E-state index is 5.67. The third kappa shape index (κ3) is 4.51. The number of hydrogen-bond donors (Lipinski definition) is 0. The van der Waals surface area contributed by atoms with E-state index in [1.54, 1.807) is 14.2 Å². The maximum Gasteiger partial charge on any atom is 0.119 e. The number of ether oxygens (including phenoxy) is 2. The second kappa shape index (κ2) is 11.0. The van der Waals surface area contributed by atoms with E-state index in [4.69, 9.17) is 9.47 Å². The van der Waals surface area contributed by atoms with Crippen molar-refractivity contribution in [1.82, 2.24) is 4.90 Å². The minimum atomic E-state index is 0.875. The molecule has 0 amide bonds. The van der Waals surface area contributed by atoms with Crippen molar-refractivity contribution in [3.8, 4) is 44.9 Å². The highest BCUT2D eigenvalue weighted by Crippen LogP contribution is 2.48. The van der Waals surface area contributed by atoms with Gasteiger partial charge < -0.3 is 9.47 Å². The molecule has 0 aromatic heterocycles. The fourth-order valence-electron chi connectivity index (χ4n) is 6.75. The predicted octanol–water partition coefficient (Wildman–Crippen LogP) is 9.74. The first-order chi connectivity index (χ1) is 20.7. The molecule has 0 unspecified atom stereocenters. The van der Waals surface area contributed by atoms with Gasteiger partial charge in [0, 0.05) is 13.1 Å². The third-order valence-electron chi connectivity index (χ3n) is 8.63. The van der Waals surface area contributed by atoms with E-state index in [-0.39, 0.29) is 0 Å². The summed E-state index contributed by atoms with van der Waals surface area (Å²) in [5.74, 6) is 1.75. The molecule has 1 aliphatic heterocycles. The lowest BCUT2D eigenvalue weighted by Gasteiger charge is -2.23. The van der Waals surface area contributed by atoms with Gasteiger partial charge in [-0.2, -0.15) is 0 Å². The molecule has 42 heavy (non-hydrogen) atoms. The van der Waals surface area contributed by atoms with Gasteiger partial charge in [-0.3, -0.25) is 4.90 Å². The monoisotopic (exact) mass is 549 g/mol. The van der Waals surface area contributed by atoms with E-state index in [0.29, 0.717) is 0 Å². The number of methoxy groups -OCH3 is 2. The van der Waals surface area contributed by atoms with Crippen LogP contribution in [0.3, 0.4) is 0 Å². The number of fused-ring (bicyclic) bond motifs is 7. The summed E-state index contributed by atoms with van der Waals surface area (Å²) in [6.07, 6.45) is 1.09. The van der Waals surface area contributed by atoms with Gasteiger partial charge in [-0.1, -0.05) is 79.7 Å². The topological polar surface area (TPSA) is 21.7 Å². The van der Waals surface area contributed by atoms with E-state index in [1.807, 2.05) is 12.1 Å². The van der Waals surface area contributed by atoms with Crippen LogP contribution in [0.2, 0.25) is 0 Å². The van der Waals surface area contributed by atoms with Crippen molar-refractivity contribution < 1.29 is 9.47 Å². The van der Waals surface area contributed by atoms with Crippen LogP contribution in [0.4, 0.5) is 0 Å². The Morgan fingerprint density at radius 1 is 0.571 bits per heavy atom. The zero-order valence-corrected chi connectivity index (χ0v) is 24.5. The molecule has 0 aliphatic carbocycles. The summed E-state index contributed by atoms with van der Waals surface area (Å²) in [5, 5.41) is 5.10. The Morgan fingerprint density at radius 2 is 1.05 bits per heavy atom. The van der Waals surface area contributed by atoms with E-state index >= 15 is 0 Å². The third-order valence-corrected chi connectivity index (χ3v) is 8.63. The van der Waals surface area contributed by atoms with Gasteiger partial charge in [-0.05, 0) is 115 Å². The molecule has 1 heterocycles. The average Bonchev–Trinajstić information content (AvgIpc) is 3.21. The predicted molar refractivity (Wildman–Crippen MR) is 175 cm³/mol. The number of benzene rings is 6. The first-order valence-electron chi connectivity index (χ1n) is 14.8. The molecule has 0 spiro atoms. The second-order valence-electron chi connectivity index (χ2n) is 11.2. The minimum absolute atomic E-state index is 0.875. The summed E-state index contributed by atoms with van der Waals surface area (Å²) in [6, 6.07) is 39.5. The van der Waals surface area contributed by atoms with Crippen LogP contribution in [-0.4, -0.2) is 25.7 Å². The van der Waals surface area contributed by atoms with Crippen molar-refractivity contribution >= 4 is 21.5 Å². The van der Waals surface area contributed by atoms with Crippen LogP contribution in [0, 0.1) is 0 Å². The molecule has 7 rings (SSSR count). The van der Waals surface area contributed by atoms with E-state index in [9.17, 15) is 0 Å². The Kier molecular flexibility index (Phi) is 6.89. The smallest absolute Gasteiger partial charge is 0.119 e. The lowest BCUT2D eigenvalue weighted by molar-refractivity contribution is 0.261. The van der Waals surface area contributed by atoms with Gasteiger partial charge in [-0.25, -0.2) is 0 Å².